The fraction of sp³-hybridized carbons (Fsp3) is 0.500. The number of carbonyl (C=O) groups excluding carboxylic acids is 7. The summed E-state index contributed by atoms with van der Waals surface area (Å²) in [6, 6.07) is 1.95. The van der Waals surface area contributed by atoms with Crippen LogP contribution in [0.15, 0.2) is 37.0 Å². The number of unbranched alkanes of at least 4 members (excludes halogenated alkanes) is 2. The number of rotatable bonds is 19. The molecule has 0 bridgehead atoms. The Morgan fingerprint density at radius 2 is 1.78 bits per heavy atom. The van der Waals surface area contributed by atoms with Crippen molar-refractivity contribution in [2.45, 2.75) is 69.5 Å². The highest BCUT2D eigenvalue weighted by Gasteiger charge is 2.35. The van der Waals surface area contributed by atoms with E-state index in [-0.39, 0.29) is 50.5 Å². The van der Waals surface area contributed by atoms with Crippen molar-refractivity contribution in [2.75, 3.05) is 32.9 Å². The lowest BCUT2D eigenvalue weighted by atomic mass is 10.1. The number of primary amides is 1. The summed E-state index contributed by atoms with van der Waals surface area (Å²) in [4.78, 5) is 109. The van der Waals surface area contributed by atoms with Crippen molar-refractivity contribution in [1.29, 1.82) is 0 Å². The number of hydrogen-bond acceptors (Lipinski definition) is 15. The van der Waals surface area contributed by atoms with Crippen LogP contribution in [0.25, 0.3) is 0 Å². The number of nitrogens with two attached hydrogens (primary N) is 1. The molecule has 1 saturated heterocycles. The highest BCUT2D eigenvalue weighted by atomic mass is 33.1. The van der Waals surface area contributed by atoms with Crippen LogP contribution >= 0.6 is 21.6 Å². The summed E-state index contributed by atoms with van der Waals surface area (Å²) in [6.45, 7) is 0.991. The number of ether oxygens (including phenoxy) is 1. The largest absolute Gasteiger partial charge is 0.519 e. The van der Waals surface area contributed by atoms with Crippen molar-refractivity contribution in [3.05, 3.63) is 46.0 Å². The molecule has 0 spiro atoms. The maximum atomic E-state index is 13.2. The zero-order valence-electron chi connectivity index (χ0n) is 27.7. The topological polar surface area (TPSA) is 242 Å². The number of aromatic nitrogens is 1. The Labute approximate surface area is 294 Å². The number of hydroxylamine groups is 2. The first kappa shape index (κ1) is 39.6. The highest BCUT2D eigenvalue weighted by Crippen LogP contribution is 2.30. The molecule has 1 aliphatic heterocycles. The summed E-state index contributed by atoms with van der Waals surface area (Å²) in [5, 5.41) is 3.66. The minimum Gasteiger partial charge on any atom is -0.441 e. The minimum atomic E-state index is -1.35. The van der Waals surface area contributed by atoms with Crippen LogP contribution in [0.4, 0.5) is 4.79 Å². The molecule has 2 aromatic heterocycles. The predicted octanol–water partition coefficient (Wildman–Crippen LogP) is 1.54. The SMILES string of the molecule is Cc1oc(=O)oc1COC(=O)N(C)CCNC(=O)[C@H](CC(=O)ON1C(=O)CCC1=O)N(C)C(=O)CCCCCSSc1ccc(C(N)=O)cn1. The van der Waals surface area contributed by atoms with E-state index in [1.165, 1.54) is 38.0 Å². The van der Waals surface area contributed by atoms with Gasteiger partial charge in [-0.25, -0.2) is 19.4 Å². The van der Waals surface area contributed by atoms with Gasteiger partial charge in [-0.05, 0) is 42.7 Å². The summed E-state index contributed by atoms with van der Waals surface area (Å²) in [6.07, 6.45) is 1.82. The van der Waals surface area contributed by atoms with Crippen LogP contribution in [0.5, 0.6) is 0 Å². The number of nitrogens with zero attached hydrogens (tertiary/aromatic N) is 4. The summed E-state index contributed by atoms with van der Waals surface area (Å²) in [5.74, 6) is -4.12. The second-order valence-corrected chi connectivity index (χ2v) is 13.4. The number of amides is 6. The molecule has 18 nitrogen and oxygen atoms in total. The average Bonchev–Trinajstić information content (AvgIpc) is 3.58. The van der Waals surface area contributed by atoms with Crippen molar-refractivity contribution in [3.8, 4) is 0 Å². The third kappa shape index (κ3) is 12.2. The number of likely N-dealkylation sites (N-methyl/N-ethyl adjacent to an activating group) is 2. The second-order valence-electron chi connectivity index (χ2n) is 10.9. The van der Waals surface area contributed by atoms with E-state index in [1.807, 2.05) is 0 Å². The quantitative estimate of drug-likeness (QED) is 0.118. The molecule has 0 saturated carbocycles. The van der Waals surface area contributed by atoms with E-state index >= 15 is 0 Å². The Bertz CT molecular complexity index is 1600. The molecule has 272 valence electrons. The van der Waals surface area contributed by atoms with Crippen LogP contribution in [0.3, 0.4) is 0 Å². The van der Waals surface area contributed by atoms with Gasteiger partial charge in [-0.15, -0.1) is 5.06 Å². The molecule has 6 amide bonds. The third-order valence-corrected chi connectivity index (χ3v) is 9.58. The molecule has 0 unspecified atom stereocenters. The van der Waals surface area contributed by atoms with Crippen molar-refractivity contribution in [1.82, 2.24) is 25.2 Å². The van der Waals surface area contributed by atoms with Crippen LogP contribution in [-0.2, 0) is 40.2 Å². The van der Waals surface area contributed by atoms with Crippen molar-refractivity contribution >= 4 is 63.2 Å². The van der Waals surface area contributed by atoms with Crippen LogP contribution < -0.4 is 16.9 Å². The van der Waals surface area contributed by atoms with Crippen molar-refractivity contribution < 1.29 is 52.0 Å². The molecular weight excluding hydrogens is 700 g/mol. The maximum absolute atomic E-state index is 13.2. The van der Waals surface area contributed by atoms with Gasteiger partial charge in [0.1, 0.15) is 11.1 Å². The van der Waals surface area contributed by atoms with Crippen LogP contribution in [0.1, 0.15) is 66.8 Å². The number of carbonyl (C=O) groups is 7. The summed E-state index contributed by atoms with van der Waals surface area (Å²) in [5.41, 5.74) is 5.54. The highest BCUT2D eigenvalue weighted by molar-refractivity contribution is 8.76. The Balaban J connectivity index is 1.47. The van der Waals surface area contributed by atoms with Gasteiger partial charge in [0.25, 0.3) is 11.8 Å². The zero-order valence-corrected chi connectivity index (χ0v) is 29.3. The number of pyridine rings is 1. The van der Waals surface area contributed by atoms with Crippen LogP contribution in [0.2, 0.25) is 0 Å². The molecule has 1 aliphatic rings. The molecule has 2 aromatic rings. The Kier molecular flexibility index (Phi) is 15.3. The third-order valence-electron chi connectivity index (χ3n) is 7.23. The smallest absolute Gasteiger partial charge is 0.441 e. The molecule has 3 N–H and O–H groups in total. The Morgan fingerprint density at radius 3 is 2.40 bits per heavy atom. The monoisotopic (exact) mass is 738 g/mol. The first-order valence-corrected chi connectivity index (χ1v) is 17.7. The molecule has 0 radical (unpaired) electrons. The number of imide groups is 1. The van der Waals surface area contributed by atoms with Crippen LogP contribution in [0, 0.1) is 6.92 Å². The number of nitrogens with one attached hydrogen (secondary N) is 1. The minimum absolute atomic E-state index is 0.0322. The van der Waals surface area contributed by atoms with Gasteiger partial charge >= 0.3 is 17.9 Å². The Morgan fingerprint density at radius 1 is 1.06 bits per heavy atom. The normalized spacial score (nSPS) is 13.1. The van der Waals surface area contributed by atoms with Gasteiger partial charge in [0, 0.05) is 58.4 Å². The van der Waals surface area contributed by atoms with Gasteiger partial charge in [0.05, 0.1) is 12.0 Å². The van der Waals surface area contributed by atoms with E-state index in [0.717, 1.165) is 27.0 Å². The standard InChI is InChI=1S/C30H38N6O12S2/c1-18-21(47-30(44)46-18)17-45-29(43)34(2)13-12-32-28(42)20(15-26(40)48-36-24(38)10-11-25(36)39)35(3)23(37)7-5-4-6-14-49-50-22-9-8-19(16-33-22)27(31)41/h8-9,16,20H,4-7,10-15,17H2,1-3H3,(H2,31,41)(H,32,42)/t20-/m0/s1. The van der Waals surface area contributed by atoms with Crippen molar-refractivity contribution in [3.63, 3.8) is 0 Å². The molecule has 20 heteroatoms. The van der Waals surface area contributed by atoms with E-state index in [0.29, 0.717) is 23.5 Å². The Hall–Kier alpha value is -4.85. The van der Waals surface area contributed by atoms with E-state index < -0.39 is 59.9 Å². The fourth-order valence-corrected chi connectivity index (χ4v) is 6.31. The van der Waals surface area contributed by atoms with Crippen LogP contribution in [-0.4, -0.2) is 100 Å². The lowest BCUT2D eigenvalue weighted by molar-refractivity contribution is -0.198. The molecule has 1 atom stereocenters. The van der Waals surface area contributed by atoms with Crippen molar-refractivity contribution in [2.24, 2.45) is 5.73 Å². The number of aryl methyl sites for hydroxylation is 1. The molecule has 0 aromatic carbocycles. The predicted molar refractivity (Wildman–Crippen MR) is 176 cm³/mol. The van der Waals surface area contributed by atoms with Gasteiger partial charge in [-0.2, -0.15) is 0 Å². The lowest BCUT2D eigenvalue weighted by Crippen LogP contribution is -2.50. The summed E-state index contributed by atoms with van der Waals surface area (Å²) >= 11 is 0. The lowest BCUT2D eigenvalue weighted by Gasteiger charge is -2.27. The summed E-state index contributed by atoms with van der Waals surface area (Å²) < 4.78 is 14.6. The van der Waals surface area contributed by atoms with E-state index in [1.54, 1.807) is 22.9 Å². The van der Waals surface area contributed by atoms with Gasteiger partial charge in [-0.3, -0.25) is 24.0 Å². The van der Waals surface area contributed by atoms with Gasteiger partial charge in [0.2, 0.25) is 17.7 Å². The average molecular weight is 739 g/mol. The maximum Gasteiger partial charge on any atom is 0.519 e. The second kappa shape index (κ2) is 19.4. The van der Waals surface area contributed by atoms with Gasteiger partial charge in [-0.1, -0.05) is 17.2 Å². The molecule has 50 heavy (non-hydrogen) atoms. The molecule has 0 aliphatic carbocycles. The number of hydrogen-bond donors (Lipinski definition) is 2. The first-order chi connectivity index (χ1) is 23.8. The molecule has 1 fully saturated rings. The van der Waals surface area contributed by atoms with Gasteiger partial charge in [0.15, 0.2) is 18.1 Å². The van der Waals surface area contributed by atoms with E-state index in [2.05, 4.69) is 10.3 Å². The van der Waals surface area contributed by atoms with E-state index in [4.69, 9.17) is 24.1 Å². The molecular formula is C30H38N6O12S2. The van der Waals surface area contributed by atoms with E-state index in [9.17, 15) is 38.4 Å². The molecule has 3 heterocycles. The zero-order chi connectivity index (χ0) is 36.8. The molecule has 3 rings (SSSR count). The fourth-order valence-electron chi connectivity index (χ4n) is 4.30. The van der Waals surface area contributed by atoms with Gasteiger partial charge < -0.3 is 39.3 Å². The summed E-state index contributed by atoms with van der Waals surface area (Å²) in [7, 11) is 5.77. The first-order valence-electron chi connectivity index (χ1n) is 15.4.